The first kappa shape index (κ1) is 14.2. The number of hydrogen-bond acceptors (Lipinski definition) is 5. The summed E-state index contributed by atoms with van der Waals surface area (Å²) < 4.78 is 11.2. The molecule has 0 radical (unpaired) electrons. The van der Waals surface area contributed by atoms with Crippen molar-refractivity contribution in [3.63, 3.8) is 0 Å². The van der Waals surface area contributed by atoms with Crippen LogP contribution in [-0.2, 0) is 4.74 Å². The molecule has 0 saturated carbocycles. The lowest BCUT2D eigenvalue weighted by Gasteiger charge is -2.33. The van der Waals surface area contributed by atoms with Gasteiger partial charge in [-0.3, -0.25) is 4.98 Å². The van der Waals surface area contributed by atoms with Gasteiger partial charge < -0.3 is 19.5 Å². The van der Waals surface area contributed by atoms with Gasteiger partial charge in [0.2, 0.25) is 0 Å². The van der Waals surface area contributed by atoms with Crippen LogP contribution < -0.4 is 4.74 Å². The standard InChI is InChI=1S/C14H22N2O3/c1-3-5-18-12-7-11(8-15-9-12)14(17)13-10-16(2)4-6-19-13/h7-9,13-14,17H,3-6,10H2,1-2H3. The number of pyridine rings is 1. The van der Waals surface area contributed by atoms with Gasteiger partial charge in [-0.05, 0) is 19.5 Å². The fraction of sp³-hybridized carbons (Fsp3) is 0.643. The van der Waals surface area contributed by atoms with Crippen molar-refractivity contribution in [1.29, 1.82) is 0 Å². The van der Waals surface area contributed by atoms with Crippen molar-refractivity contribution < 1.29 is 14.6 Å². The predicted molar refractivity (Wildman–Crippen MR) is 72.2 cm³/mol. The molecule has 2 atom stereocenters. The molecular formula is C14H22N2O3. The van der Waals surface area contributed by atoms with Gasteiger partial charge in [0.1, 0.15) is 18.0 Å². The number of ether oxygens (including phenoxy) is 2. The Bertz CT molecular complexity index is 400. The Morgan fingerprint density at radius 1 is 1.58 bits per heavy atom. The number of aromatic nitrogens is 1. The summed E-state index contributed by atoms with van der Waals surface area (Å²) in [6.07, 6.45) is 3.41. The molecular weight excluding hydrogens is 244 g/mol. The summed E-state index contributed by atoms with van der Waals surface area (Å²) in [6.45, 7) is 4.99. The van der Waals surface area contributed by atoms with Crippen LogP contribution in [0.1, 0.15) is 25.0 Å². The number of aliphatic hydroxyl groups excluding tert-OH is 1. The van der Waals surface area contributed by atoms with Gasteiger partial charge in [0.05, 0.1) is 19.4 Å². The normalized spacial score (nSPS) is 22.2. The van der Waals surface area contributed by atoms with Gasteiger partial charge in [-0.15, -0.1) is 0 Å². The zero-order chi connectivity index (χ0) is 13.7. The van der Waals surface area contributed by atoms with E-state index in [-0.39, 0.29) is 6.10 Å². The predicted octanol–water partition coefficient (Wildman–Crippen LogP) is 1.23. The van der Waals surface area contributed by atoms with E-state index < -0.39 is 6.10 Å². The van der Waals surface area contributed by atoms with Crippen LogP contribution in [0, 0.1) is 0 Å². The average molecular weight is 266 g/mol. The summed E-state index contributed by atoms with van der Waals surface area (Å²) >= 11 is 0. The van der Waals surface area contributed by atoms with Gasteiger partial charge in [-0.2, -0.15) is 0 Å². The van der Waals surface area contributed by atoms with Gasteiger partial charge in [0.15, 0.2) is 0 Å². The maximum atomic E-state index is 10.4. The van der Waals surface area contributed by atoms with Crippen molar-refractivity contribution in [3.05, 3.63) is 24.0 Å². The molecule has 106 valence electrons. The molecule has 0 spiro atoms. The lowest BCUT2D eigenvalue weighted by molar-refractivity contribution is -0.0846. The van der Waals surface area contributed by atoms with E-state index in [4.69, 9.17) is 9.47 Å². The summed E-state index contributed by atoms with van der Waals surface area (Å²) in [5.41, 5.74) is 0.744. The molecule has 1 aliphatic rings. The molecule has 2 rings (SSSR count). The highest BCUT2D eigenvalue weighted by molar-refractivity contribution is 5.26. The number of nitrogens with zero attached hydrogens (tertiary/aromatic N) is 2. The van der Waals surface area contributed by atoms with E-state index in [1.807, 2.05) is 13.1 Å². The fourth-order valence-corrected chi connectivity index (χ4v) is 2.11. The van der Waals surface area contributed by atoms with Crippen LogP contribution in [0.5, 0.6) is 5.75 Å². The molecule has 5 heteroatoms. The van der Waals surface area contributed by atoms with E-state index in [2.05, 4.69) is 16.8 Å². The van der Waals surface area contributed by atoms with Gasteiger partial charge in [0.25, 0.3) is 0 Å². The maximum Gasteiger partial charge on any atom is 0.137 e. The third kappa shape index (κ3) is 3.89. The molecule has 1 N–H and O–H groups in total. The van der Waals surface area contributed by atoms with Crippen LogP contribution >= 0.6 is 0 Å². The minimum Gasteiger partial charge on any atom is -0.492 e. The molecule has 1 saturated heterocycles. The number of morpholine rings is 1. The second-order valence-electron chi connectivity index (χ2n) is 4.92. The van der Waals surface area contributed by atoms with Crippen LogP contribution in [0.4, 0.5) is 0 Å². The Morgan fingerprint density at radius 2 is 2.42 bits per heavy atom. The van der Waals surface area contributed by atoms with Crippen LogP contribution in [0.2, 0.25) is 0 Å². The van der Waals surface area contributed by atoms with E-state index in [1.54, 1.807) is 12.4 Å². The van der Waals surface area contributed by atoms with Crippen molar-refractivity contribution in [1.82, 2.24) is 9.88 Å². The van der Waals surface area contributed by atoms with Crippen molar-refractivity contribution in [2.75, 3.05) is 33.4 Å². The van der Waals surface area contributed by atoms with E-state index in [0.29, 0.717) is 19.0 Å². The molecule has 1 fully saturated rings. The molecule has 2 heterocycles. The third-order valence-corrected chi connectivity index (χ3v) is 3.20. The van der Waals surface area contributed by atoms with Crippen molar-refractivity contribution >= 4 is 0 Å². The Balaban J connectivity index is 2.03. The highest BCUT2D eigenvalue weighted by Crippen LogP contribution is 2.24. The number of hydrogen-bond donors (Lipinski definition) is 1. The van der Waals surface area contributed by atoms with Crippen LogP contribution in [0.3, 0.4) is 0 Å². The minimum absolute atomic E-state index is 0.207. The number of rotatable bonds is 5. The Hall–Kier alpha value is -1.17. The van der Waals surface area contributed by atoms with E-state index >= 15 is 0 Å². The fourth-order valence-electron chi connectivity index (χ4n) is 2.11. The zero-order valence-electron chi connectivity index (χ0n) is 11.6. The largest absolute Gasteiger partial charge is 0.492 e. The Morgan fingerprint density at radius 3 is 3.16 bits per heavy atom. The number of aliphatic hydroxyl groups is 1. The monoisotopic (exact) mass is 266 g/mol. The molecule has 5 nitrogen and oxygen atoms in total. The topological polar surface area (TPSA) is 54.8 Å². The van der Waals surface area contributed by atoms with Gasteiger partial charge >= 0.3 is 0 Å². The molecule has 1 aliphatic heterocycles. The van der Waals surface area contributed by atoms with Crippen LogP contribution in [0.25, 0.3) is 0 Å². The molecule has 19 heavy (non-hydrogen) atoms. The third-order valence-electron chi connectivity index (χ3n) is 3.20. The Kier molecular flexibility index (Phi) is 5.13. The quantitative estimate of drug-likeness (QED) is 0.869. The summed E-state index contributed by atoms with van der Waals surface area (Å²) in [7, 11) is 2.03. The first-order chi connectivity index (χ1) is 9.20. The average Bonchev–Trinajstić information content (AvgIpc) is 2.44. The SMILES string of the molecule is CCCOc1cncc(C(O)C2CN(C)CCO2)c1. The minimum atomic E-state index is -0.666. The second-order valence-corrected chi connectivity index (χ2v) is 4.92. The first-order valence-electron chi connectivity index (χ1n) is 6.76. The summed E-state index contributed by atoms with van der Waals surface area (Å²) in [5, 5.41) is 10.4. The molecule has 0 aliphatic carbocycles. The molecule has 1 aromatic rings. The summed E-state index contributed by atoms with van der Waals surface area (Å²) in [5.74, 6) is 0.697. The van der Waals surface area contributed by atoms with Crippen molar-refractivity contribution in [3.8, 4) is 5.75 Å². The molecule has 0 amide bonds. The Labute approximate surface area is 114 Å². The second kappa shape index (κ2) is 6.84. The van der Waals surface area contributed by atoms with E-state index in [9.17, 15) is 5.11 Å². The van der Waals surface area contributed by atoms with Gasteiger partial charge in [-0.25, -0.2) is 0 Å². The number of likely N-dealkylation sites (N-methyl/N-ethyl adjacent to an activating group) is 1. The molecule has 2 unspecified atom stereocenters. The summed E-state index contributed by atoms with van der Waals surface area (Å²) in [6, 6.07) is 1.84. The lowest BCUT2D eigenvalue weighted by Crippen LogP contribution is -2.43. The first-order valence-corrected chi connectivity index (χ1v) is 6.76. The summed E-state index contributed by atoms with van der Waals surface area (Å²) in [4.78, 5) is 6.27. The highest BCUT2D eigenvalue weighted by atomic mass is 16.5. The zero-order valence-corrected chi connectivity index (χ0v) is 11.6. The van der Waals surface area contributed by atoms with Gasteiger partial charge in [-0.1, -0.05) is 6.92 Å². The molecule has 0 aromatic carbocycles. The van der Waals surface area contributed by atoms with Crippen LogP contribution in [0.15, 0.2) is 18.5 Å². The highest BCUT2D eigenvalue weighted by Gasteiger charge is 2.26. The van der Waals surface area contributed by atoms with Crippen molar-refractivity contribution in [2.45, 2.75) is 25.6 Å². The van der Waals surface area contributed by atoms with E-state index in [0.717, 1.165) is 25.1 Å². The molecule has 0 bridgehead atoms. The van der Waals surface area contributed by atoms with E-state index in [1.165, 1.54) is 0 Å². The molecule has 1 aromatic heterocycles. The lowest BCUT2D eigenvalue weighted by atomic mass is 10.0. The van der Waals surface area contributed by atoms with Crippen LogP contribution in [-0.4, -0.2) is 54.4 Å². The smallest absolute Gasteiger partial charge is 0.137 e. The van der Waals surface area contributed by atoms with Gasteiger partial charge in [0, 0.05) is 24.8 Å². The maximum absolute atomic E-state index is 10.4. The van der Waals surface area contributed by atoms with Crippen molar-refractivity contribution in [2.24, 2.45) is 0 Å².